The van der Waals surface area contributed by atoms with E-state index in [9.17, 15) is 0 Å². The Labute approximate surface area is 141 Å². The molecule has 3 N–H and O–H groups in total. The fraction of sp³-hybridized carbons (Fsp3) is 0.700. The Morgan fingerprint density at radius 1 is 1.13 bits per heavy atom. The van der Waals surface area contributed by atoms with E-state index in [-0.39, 0.29) is 5.60 Å². The standard InChI is InChI=1S/C20H32N2O/c1-19(2)15-20(10-13-23-19,17-22-11-6-7-12-22)16-21-14-18-8-4-3-5-9-18/h3-5,8-9,21H,6-7,10-17H2,1-2H3/p+2/t20-/m1/s1. The van der Waals surface area contributed by atoms with Crippen LogP contribution in [0.3, 0.4) is 0 Å². The predicted molar refractivity (Wildman–Crippen MR) is 93.4 cm³/mol. The van der Waals surface area contributed by atoms with Gasteiger partial charge in [-0.2, -0.15) is 0 Å². The number of ether oxygens (including phenoxy) is 1. The number of benzene rings is 1. The molecule has 1 aromatic rings. The molecule has 2 fully saturated rings. The van der Waals surface area contributed by atoms with Gasteiger partial charge in [-0.15, -0.1) is 0 Å². The normalized spacial score (nSPS) is 28.1. The van der Waals surface area contributed by atoms with Crippen LogP contribution >= 0.6 is 0 Å². The molecule has 2 saturated heterocycles. The Bertz CT molecular complexity index is 482. The van der Waals surface area contributed by atoms with E-state index in [1.807, 2.05) is 4.90 Å². The van der Waals surface area contributed by atoms with E-state index in [1.54, 1.807) is 0 Å². The summed E-state index contributed by atoms with van der Waals surface area (Å²) in [4.78, 5) is 1.83. The fourth-order valence-electron chi connectivity index (χ4n) is 4.72. The van der Waals surface area contributed by atoms with Crippen LogP contribution in [0.5, 0.6) is 0 Å². The van der Waals surface area contributed by atoms with Crippen LogP contribution in [0.2, 0.25) is 0 Å². The zero-order chi connectivity index (χ0) is 16.2. The molecule has 1 aromatic carbocycles. The lowest BCUT2D eigenvalue weighted by atomic mass is 9.73. The molecule has 0 unspecified atom stereocenters. The summed E-state index contributed by atoms with van der Waals surface area (Å²) >= 11 is 0. The first-order valence-electron chi connectivity index (χ1n) is 9.40. The van der Waals surface area contributed by atoms with Crippen molar-refractivity contribution in [2.75, 3.05) is 32.8 Å². The first kappa shape index (κ1) is 16.9. The quantitative estimate of drug-likeness (QED) is 0.805. The van der Waals surface area contributed by atoms with Crippen LogP contribution in [0.4, 0.5) is 0 Å². The Morgan fingerprint density at radius 2 is 1.87 bits per heavy atom. The Hall–Kier alpha value is -0.900. The first-order valence-corrected chi connectivity index (χ1v) is 9.40. The Kier molecular flexibility index (Phi) is 5.40. The van der Waals surface area contributed by atoms with E-state index in [4.69, 9.17) is 4.74 Å². The second kappa shape index (κ2) is 7.33. The molecule has 23 heavy (non-hydrogen) atoms. The number of hydrogen-bond donors (Lipinski definition) is 2. The zero-order valence-corrected chi connectivity index (χ0v) is 14.9. The van der Waals surface area contributed by atoms with Crippen LogP contribution in [0.15, 0.2) is 30.3 Å². The molecule has 128 valence electrons. The van der Waals surface area contributed by atoms with Crippen molar-refractivity contribution < 1.29 is 15.0 Å². The Morgan fingerprint density at radius 3 is 2.57 bits per heavy atom. The molecular formula is C20H34N2O+2. The summed E-state index contributed by atoms with van der Waals surface area (Å²) in [7, 11) is 0. The topological polar surface area (TPSA) is 30.3 Å². The van der Waals surface area contributed by atoms with Crippen molar-refractivity contribution in [1.29, 1.82) is 0 Å². The minimum absolute atomic E-state index is 0.0397. The monoisotopic (exact) mass is 318 g/mol. The van der Waals surface area contributed by atoms with Crippen LogP contribution in [0.25, 0.3) is 0 Å². The van der Waals surface area contributed by atoms with E-state index in [2.05, 4.69) is 49.5 Å². The first-order chi connectivity index (χ1) is 11.1. The summed E-state index contributed by atoms with van der Waals surface area (Å²) in [5.74, 6) is 0. The summed E-state index contributed by atoms with van der Waals surface area (Å²) in [6.07, 6.45) is 5.26. The van der Waals surface area contributed by atoms with Crippen molar-refractivity contribution in [2.45, 2.75) is 51.7 Å². The second-order valence-electron chi connectivity index (χ2n) is 8.35. The highest BCUT2D eigenvalue weighted by molar-refractivity contribution is 5.13. The highest BCUT2D eigenvalue weighted by Crippen LogP contribution is 2.37. The van der Waals surface area contributed by atoms with Gasteiger partial charge in [-0.3, -0.25) is 0 Å². The van der Waals surface area contributed by atoms with Gasteiger partial charge in [-0.25, -0.2) is 0 Å². The fourth-order valence-corrected chi connectivity index (χ4v) is 4.72. The van der Waals surface area contributed by atoms with Crippen molar-refractivity contribution >= 4 is 0 Å². The molecule has 3 heteroatoms. The smallest absolute Gasteiger partial charge is 0.101 e. The molecule has 0 saturated carbocycles. The van der Waals surface area contributed by atoms with Crippen molar-refractivity contribution in [3.05, 3.63) is 35.9 Å². The maximum Gasteiger partial charge on any atom is 0.101 e. The second-order valence-corrected chi connectivity index (χ2v) is 8.35. The van der Waals surface area contributed by atoms with Gasteiger partial charge in [0.05, 0.1) is 37.2 Å². The molecule has 2 aliphatic heterocycles. The summed E-state index contributed by atoms with van der Waals surface area (Å²) in [6, 6.07) is 10.9. The van der Waals surface area contributed by atoms with Gasteiger partial charge in [0.15, 0.2) is 0 Å². The molecule has 0 spiro atoms. The minimum atomic E-state index is 0.0397. The van der Waals surface area contributed by atoms with Gasteiger partial charge in [0.2, 0.25) is 0 Å². The number of likely N-dealkylation sites (tertiary alicyclic amines) is 1. The van der Waals surface area contributed by atoms with E-state index < -0.39 is 0 Å². The van der Waals surface area contributed by atoms with E-state index in [0.717, 1.165) is 13.2 Å². The third-order valence-corrected chi connectivity index (χ3v) is 5.66. The van der Waals surface area contributed by atoms with Gasteiger partial charge in [0.1, 0.15) is 6.54 Å². The average Bonchev–Trinajstić information content (AvgIpc) is 3.00. The van der Waals surface area contributed by atoms with Crippen LogP contribution in [-0.2, 0) is 11.3 Å². The summed E-state index contributed by atoms with van der Waals surface area (Å²) in [5, 5.41) is 2.53. The average molecular weight is 319 g/mol. The van der Waals surface area contributed by atoms with Crippen molar-refractivity contribution in [1.82, 2.24) is 0 Å². The maximum absolute atomic E-state index is 6.03. The summed E-state index contributed by atoms with van der Waals surface area (Å²) < 4.78 is 6.03. The van der Waals surface area contributed by atoms with E-state index >= 15 is 0 Å². The van der Waals surface area contributed by atoms with Gasteiger partial charge < -0.3 is 15.0 Å². The molecule has 0 aliphatic carbocycles. The van der Waals surface area contributed by atoms with E-state index in [0.29, 0.717) is 5.41 Å². The molecule has 0 aromatic heterocycles. The number of quaternary nitrogens is 2. The number of nitrogens with one attached hydrogen (secondary N) is 1. The van der Waals surface area contributed by atoms with E-state index in [1.165, 1.54) is 57.4 Å². The molecule has 0 radical (unpaired) electrons. The molecular weight excluding hydrogens is 284 g/mol. The molecule has 2 heterocycles. The van der Waals surface area contributed by atoms with Gasteiger partial charge in [0, 0.05) is 25.0 Å². The van der Waals surface area contributed by atoms with Gasteiger partial charge >= 0.3 is 0 Å². The van der Waals surface area contributed by atoms with Crippen LogP contribution in [0, 0.1) is 5.41 Å². The molecule has 0 amide bonds. The zero-order valence-electron chi connectivity index (χ0n) is 14.9. The number of hydrogen-bond acceptors (Lipinski definition) is 1. The number of rotatable bonds is 6. The van der Waals surface area contributed by atoms with Crippen LogP contribution in [0.1, 0.15) is 45.1 Å². The largest absolute Gasteiger partial charge is 0.376 e. The third kappa shape index (κ3) is 4.79. The van der Waals surface area contributed by atoms with Crippen molar-refractivity contribution in [3.8, 4) is 0 Å². The molecule has 2 aliphatic rings. The number of nitrogens with two attached hydrogens (primary N) is 1. The molecule has 3 nitrogen and oxygen atoms in total. The maximum atomic E-state index is 6.03. The molecule has 3 rings (SSSR count). The highest BCUT2D eigenvalue weighted by atomic mass is 16.5. The lowest BCUT2D eigenvalue weighted by molar-refractivity contribution is -0.898. The van der Waals surface area contributed by atoms with Crippen molar-refractivity contribution in [3.63, 3.8) is 0 Å². The third-order valence-electron chi connectivity index (χ3n) is 5.66. The predicted octanol–water partition coefficient (Wildman–Crippen LogP) is 1.00. The van der Waals surface area contributed by atoms with Crippen LogP contribution in [-0.4, -0.2) is 38.4 Å². The van der Waals surface area contributed by atoms with Crippen LogP contribution < -0.4 is 10.2 Å². The lowest BCUT2D eigenvalue weighted by Gasteiger charge is -2.44. The van der Waals surface area contributed by atoms with Gasteiger partial charge in [-0.05, 0) is 26.7 Å². The minimum Gasteiger partial charge on any atom is -0.376 e. The molecule has 0 bridgehead atoms. The highest BCUT2D eigenvalue weighted by Gasteiger charge is 2.45. The summed E-state index contributed by atoms with van der Waals surface area (Å²) in [6.45, 7) is 11.9. The lowest BCUT2D eigenvalue weighted by Crippen LogP contribution is -3.12. The van der Waals surface area contributed by atoms with Gasteiger partial charge in [0.25, 0.3) is 0 Å². The summed E-state index contributed by atoms with van der Waals surface area (Å²) in [5.41, 5.74) is 1.91. The van der Waals surface area contributed by atoms with Crippen molar-refractivity contribution in [2.24, 2.45) is 5.41 Å². The van der Waals surface area contributed by atoms with Gasteiger partial charge in [-0.1, -0.05) is 30.3 Å². The SMILES string of the molecule is CC1(C)C[C@](C[NH2+]Cc2ccccc2)(C[NH+]2CCCC2)CCO1. The Balaban J connectivity index is 1.62. The molecule has 1 atom stereocenters.